The van der Waals surface area contributed by atoms with Gasteiger partial charge in [-0.15, -0.1) is 0 Å². The highest BCUT2D eigenvalue weighted by molar-refractivity contribution is 6.76. The van der Waals surface area contributed by atoms with Gasteiger partial charge in [-0.05, 0) is 48.0 Å². The Kier molecular flexibility index (Phi) is 9.21. The summed E-state index contributed by atoms with van der Waals surface area (Å²) in [7, 11) is 0.331. The molecule has 236 valence electrons. The van der Waals surface area contributed by atoms with Gasteiger partial charge in [0.25, 0.3) is 0 Å². The number of H-pyrrole nitrogens is 1. The van der Waals surface area contributed by atoms with Gasteiger partial charge in [0.1, 0.15) is 12.5 Å². The average Bonchev–Trinajstić information content (AvgIpc) is 3.63. The fourth-order valence-corrected chi connectivity index (χ4v) is 5.81. The molecule has 13 heteroatoms. The van der Waals surface area contributed by atoms with Crippen molar-refractivity contribution in [3.05, 3.63) is 66.2 Å². The molecule has 0 unspecified atom stereocenters. The van der Waals surface area contributed by atoms with Crippen LogP contribution in [0.25, 0.3) is 33.9 Å². The van der Waals surface area contributed by atoms with Crippen molar-refractivity contribution in [3.8, 4) is 28.7 Å². The van der Waals surface area contributed by atoms with E-state index in [2.05, 4.69) is 52.0 Å². The first kappa shape index (κ1) is 30.8. The minimum Gasteiger partial charge on any atom is -0.491 e. The van der Waals surface area contributed by atoms with Crippen LogP contribution >= 0.6 is 0 Å². The van der Waals surface area contributed by atoms with E-state index in [-0.39, 0.29) is 5.82 Å². The summed E-state index contributed by atoms with van der Waals surface area (Å²) in [5.41, 5.74) is 4.94. The van der Waals surface area contributed by atoms with Crippen molar-refractivity contribution in [2.24, 2.45) is 0 Å². The first-order chi connectivity index (χ1) is 21.7. The number of rotatable bonds is 12. The maximum absolute atomic E-state index is 13.6. The van der Waals surface area contributed by atoms with Crippen LogP contribution in [0.2, 0.25) is 25.7 Å². The van der Waals surface area contributed by atoms with Gasteiger partial charge in [-0.3, -0.25) is 4.90 Å². The third-order valence-corrected chi connectivity index (χ3v) is 9.30. The van der Waals surface area contributed by atoms with E-state index in [9.17, 15) is 4.39 Å². The van der Waals surface area contributed by atoms with E-state index in [0.717, 1.165) is 49.9 Å². The molecule has 45 heavy (non-hydrogen) atoms. The number of nitrogens with zero attached hydrogens (tertiary/aromatic N) is 6. The van der Waals surface area contributed by atoms with Gasteiger partial charge in [0.2, 0.25) is 0 Å². The van der Waals surface area contributed by atoms with Crippen LogP contribution in [0, 0.1) is 5.82 Å². The number of aromatic nitrogens is 6. The van der Waals surface area contributed by atoms with Crippen molar-refractivity contribution >= 4 is 30.6 Å². The van der Waals surface area contributed by atoms with Crippen LogP contribution < -0.4 is 10.1 Å². The number of nitrogens with one attached hydrogen (secondary N) is 2. The molecule has 0 aliphatic carbocycles. The first-order valence-electron chi connectivity index (χ1n) is 15.1. The number of morpholine rings is 1. The molecule has 0 atom stereocenters. The second kappa shape index (κ2) is 13.4. The number of ether oxygens (including phenoxy) is 3. The lowest BCUT2D eigenvalue weighted by Crippen LogP contribution is -2.35. The summed E-state index contributed by atoms with van der Waals surface area (Å²) in [5, 5.41) is 8.26. The monoisotopic (exact) mass is 630 g/mol. The lowest BCUT2D eigenvalue weighted by Gasteiger charge is -2.26. The standard InChI is InChI=1S/C32H39FN8O3Si/c1-42-28-18-34-30(23-6-8-24(33)9-7-23)38-31(28)37-27-20-41(21-44-15-16-45(2,3)4)39-29(27)32-35-25-10-5-22(17-26(25)36-32)19-40-11-13-43-14-12-40/h5-10,17-18,20H,11-16,19,21H2,1-4H3,(H,35,36)(H,34,37,38). The Labute approximate surface area is 262 Å². The fourth-order valence-electron chi connectivity index (χ4n) is 5.05. The highest BCUT2D eigenvalue weighted by Crippen LogP contribution is 2.33. The Morgan fingerprint density at radius 2 is 1.87 bits per heavy atom. The molecule has 1 fully saturated rings. The smallest absolute Gasteiger partial charge is 0.179 e. The van der Waals surface area contributed by atoms with Gasteiger partial charge in [0.05, 0.1) is 49.4 Å². The first-order valence-corrected chi connectivity index (χ1v) is 18.8. The molecule has 0 spiro atoms. The number of benzene rings is 2. The lowest BCUT2D eigenvalue weighted by molar-refractivity contribution is 0.0342. The van der Waals surface area contributed by atoms with Crippen molar-refractivity contribution in [1.82, 2.24) is 34.6 Å². The summed E-state index contributed by atoms with van der Waals surface area (Å²) >= 11 is 0. The van der Waals surface area contributed by atoms with Gasteiger partial charge in [-0.25, -0.2) is 24.0 Å². The number of aromatic amines is 1. The third-order valence-electron chi connectivity index (χ3n) is 7.59. The normalized spacial score (nSPS) is 14.2. The maximum Gasteiger partial charge on any atom is 0.179 e. The Morgan fingerprint density at radius 1 is 1.07 bits per heavy atom. The van der Waals surface area contributed by atoms with Crippen molar-refractivity contribution in [3.63, 3.8) is 0 Å². The zero-order valence-corrected chi connectivity index (χ0v) is 27.1. The topological polar surface area (TPSA) is 115 Å². The van der Waals surface area contributed by atoms with Gasteiger partial charge in [-0.1, -0.05) is 25.7 Å². The van der Waals surface area contributed by atoms with Crippen LogP contribution in [-0.4, -0.2) is 82.7 Å². The van der Waals surface area contributed by atoms with Gasteiger partial charge in [0.15, 0.2) is 28.9 Å². The predicted octanol–water partition coefficient (Wildman–Crippen LogP) is 5.92. The number of hydrogen-bond donors (Lipinski definition) is 2. The highest BCUT2D eigenvalue weighted by atomic mass is 28.3. The van der Waals surface area contributed by atoms with Gasteiger partial charge in [-0.2, -0.15) is 5.10 Å². The van der Waals surface area contributed by atoms with E-state index in [0.29, 0.717) is 53.5 Å². The Morgan fingerprint density at radius 3 is 2.62 bits per heavy atom. The molecule has 0 bridgehead atoms. The second-order valence-electron chi connectivity index (χ2n) is 12.3. The Bertz CT molecular complexity index is 1750. The van der Waals surface area contributed by atoms with Crippen LogP contribution in [0.3, 0.4) is 0 Å². The van der Waals surface area contributed by atoms with Crippen LogP contribution in [0.4, 0.5) is 15.9 Å². The molecule has 0 saturated carbocycles. The zero-order valence-electron chi connectivity index (χ0n) is 26.1. The quantitative estimate of drug-likeness (QED) is 0.128. The third kappa shape index (κ3) is 7.74. The molecule has 3 aromatic heterocycles. The summed E-state index contributed by atoms with van der Waals surface area (Å²) in [4.78, 5) is 19.9. The molecule has 2 aromatic carbocycles. The van der Waals surface area contributed by atoms with Crippen LogP contribution in [0.5, 0.6) is 5.75 Å². The molecule has 1 aliphatic rings. The van der Waals surface area contributed by atoms with Crippen LogP contribution in [0.15, 0.2) is 54.9 Å². The highest BCUT2D eigenvalue weighted by Gasteiger charge is 2.20. The van der Waals surface area contributed by atoms with E-state index in [1.54, 1.807) is 30.1 Å². The van der Waals surface area contributed by atoms with Gasteiger partial charge < -0.3 is 24.5 Å². The Hall–Kier alpha value is -4.17. The summed E-state index contributed by atoms with van der Waals surface area (Å²) in [6.07, 6.45) is 3.47. The number of hydrogen-bond acceptors (Lipinski definition) is 9. The fraction of sp³-hybridized carbons (Fsp3) is 0.375. The van der Waals surface area contributed by atoms with Crippen molar-refractivity contribution < 1.29 is 18.6 Å². The van der Waals surface area contributed by atoms with Gasteiger partial charge >= 0.3 is 0 Å². The number of halogens is 1. The van der Waals surface area contributed by atoms with E-state index >= 15 is 0 Å². The Balaban J connectivity index is 1.31. The minimum atomic E-state index is -1.23. The molecule has 6 rings (SSSR count). The largest absolute Gasteiger partial charge is 0.491 e. The van der Waals surface area contributed by atoms with Crippen LogP contribution in [-0.2, 0) is 22.7 Å². The van der Waals surface area contributed by atoms with E-state index in [1.807, 2.05) is 12.3 Å². The van der Waals surface area contributed by atoms with Gasteiger partial charge in [0, 0.05) is 39.9 Å². The van der Waals surface area contributed by atoms with E-state index < -0.39 is 8.07 Å². The molecule has 2 N–H and O–H groups in total. The minimum absolute atomic E-state index is 0.296. The molecule has 5 aromatic rings. The summed E-state index contributed by atoms with van der Waals surface area (Å²) in [6.45, 7) is 12.2. The molecular formula is C32H39FN8O3Si. The summed E-state index contributed by atoms with van der Waals surface area (Å²) in [6, 6.07) is 13.4. The maximum atomic E-state index is 13.6. The van der Waals surface area contributed by atoms with E-state index in [4.69, 9.17) is 29.3 Å². The SMILES string of the molecule is COc1cnc(-c2ccc(F)cc2)nc1Nc1cn(COCC[Si](C)(C)C)nc1-c1nc2ccc(CN3CCOCC3)cc2[nH]1. The van der Waals surface area contributed by atoms with Crippen molar-refractivity contribution in [1.29, 1.82) is 0 Å². The molecule has 1 saturated heterocycles. The summed E-state index contributed by atoms with van der Waals surface area (Å²) < 4.78 is 32.4. The van der Waals surface area contributed by atoms with Crippen molar-refractivity contribution in [2.45, 2.75) is 39.0 Å². The number of imidazole rings is 1. The molecule has 0 radical (unpaired) electrons. The lowest BCUT2D eigenvalue weighted by atomic mass is 10.2. The predicted molar refractivity (Wildman–Crippen MR) is 175 cm³/mol. The molecule has 0 amide bonds. The van der Waals surface area contributed by atoms with Crippen molar-refractivity contribution in [2.75, 3.05) is 45.3 Å². The molecule has 1 aliphatic heterocycles. The number of anilines is 2. The number of methoxy groups -OCH3 is 1. The van der Waals surface area contributed by atoms with Crippen LogP contribution in [0.1, 0.15) is 5.56 Å². The van der Waals surface area contributed by atoms with E-state index in [1.165, 1.54) is 17.7 Å². The second-order valence-corrected chi connectivity index (χ2v) is 18.0. The molecule has 11 nitrogen and oxygen atoms in total. The number of fused-ring (bicyclic) bond motifs is 1. The zero-order chi connectivity index (χ0) is 31.4. The molecule has 4 heterocycles. The summed E-state index contributed by atoms with van der Waals surface area (Å²) in [5.74, 6) is 1.61. The molecular weight excluding hydrogens is 591 g/mol. The average molecular weight is 631 g/mol.